The fraction of sp³-hybridized carbons (Fsp3) is 0.462. The van der Waals surface area contributed by atoms with Crippen LogP contribution in [-0.4, -0.2) is 12.6 Å². The summed E-state index contributed by atoms with van der Waals surface area (Å²) in [5.74, 6) is -0.610. The summed E-state index contributed by atoms with van der Waals surface area (Å²) in [6.07, 6.45) is 1.39. The lowest BCUT2D eigenvalue weighted by molar-refractivity contribution is -0.145. The minimum Gasteiger partial charge on any atom is -0.466 e. The molecule has 0 saturated carbocycles. The molecule has 3 nitrogen and oxygen atoms in total. The zero-order valence-electron chi connectivity index (χ0n) is 10.1. The van der Waals surface area contributed by atoms with Gasteiger partial charge in [0.15, 0.2) is 0 Å². The third-order valence-corrected chi connectivity index (χ3v) is 4.07. The summed E-state index contributed by atoms with van der Waals surface area (Å²) < 4.78 is 5.09. The highest BCUT2D eigenvalue weighted by Gasteiger charge is 2.33. The molecule has 0 heterocycles. The van der Waals surface area contributed by atoms with Crippen molar-refractivity contribution in [2.45, 2.75) is 31.7 Å². The summed E-state index contributed by atoms with van der Waals surface area (Å²) in [5.41, 5.74) is 7.68. The van der Waals surface area contributed by atoms with Crippen LogP contribution < -0.4 is 5.73 Å². The molecule has 2 N–H and O–H groups in total. The van der Waals surface area contributed by atoms with Crippen LogP contribution in [0.5, 0.6) is 0 Å². The number of hydrogen-bond acceptors (Lipinski definition) is 3. The molecule has 0 aliphatic heterocycles. The van der Waals surface area contributed by atoms with Crippen molar-refractivity contribution in [2.24, 2.45) is 5.73 Å². The Morgan fingerprint density at radius 1 is 1.44 bits per heavy atom. The number of hydrogen-bond donors (Lipinski definition) is 1. The molecule has 5 heteroatoms. The van der Waals surface area contributed by atoms with Crippen LogP contribution in [0.3, 0.4) is 0 Å². The van der Waals surface area contributed by atoms with Gasteiger partial charge in [0.25, 0.3) is 0 Å². The first kappa shape index (κ1) is 13.7. The molecule has 1 aliphatic rings. The van der Waals surface area contributed by atoms with Crippen molar-refractivity contribution in [3.05, 3.63) is 33.3 Å². The summed E-state index contributed by atoms with van der Waals surface area (Å²) in [6, 6.07) is 3.47. The van der Waals surface area contributed by atoms with Crippen LogP contribution in [0.15, 0.2) is 12.1 Å². The molecule has 0 saturated heterocycles. The van der Waals surface area contributed by atoms with Gasteiger partial charge >= 0.3 is 5.97 Å². The number of carbonyl (C=O) groups is 1. The van der Waals surface area contributed by atoms with Crippen LogP contribution in [0.2, 0.25) is 10.0 Å². The topological polar surface area (TPSA) is 52.3 Å². The smallest absolute Gasteiger partial charge is 0.313 e. The largest absolute Gasteiger partial charge is 0.466 e. The van der Waals surface area contributed by atoms with E-state index in [2.05, 4.69) is 0 Å². The Kier molecular flexibility index (Phi) is 4.15. The van der Waals surface area contributed by atoms with E-state index in [0.717, 1.165) is 17.5 Å². The molecule has 1 aromatic rings. The summed E-state index contributed by atoms with van der Waals surface area (Å²) >= 11 is 12.2. The minimum atomic E-state index is -0.356. The third-order valence-electron chi connectivity index (χ3n) is 3.25. The Labute approximate surface area is 116 Å². The number of rotatable bonds is 2. The van der Waals surface area contributed by atoms with Gasteiger partial charge in [-0.15, -0.1) is 0 Å². The van der Waals surface area contributed by atoms with Crippen LogP contribution >= 0.6 is 23.2 Å². The van der Waals surface area contributed by atoms with Gasteiger partial charge in [0, 0.05) is 6.04 Å². The Morgan fingerprint density at radius 3 is 2.83 bits per heavy atom. The lowest BCUT2D eigenvalue weighted by Gasteiger charge is -2.29. The van der Waals surface area contributed by atoms with E-state index in [1.54, 1.807) is 13.0 Å². The van der Waals surface area contributed by atoms with Crippen LogP contribution in [0.25, 0.3) is 0 Å². The van der Waals surface area contributed by atoms with Crippen molar-refractivity contribution in [1.29, 1.82) is 0 Å². The predicted molar refractivity (Wildman–Crippen MR) is 72.0 cm³/mol. The maximum absolute atomic E-state index is 12.0. The second kappa shape index (κ2) is 5.47. The average molecular weight is 288 g/mol. The van der Waals surface area contributed by atoms with Crippen LogP contribution in [0.4, 0.5) is 0 Å². The normalized spacial score (nSPS) is 22.4. The first-order chi connectivity index (χ1) is 8.56. The summed E-state index contributed by atoms with van der Waals surface area (Å²) in [7, 11) is 0. The monoisotopic (exact) mass is 287 g/mol. The van der Waals surface area contributed by atoms with E-state index in [0.29, 0.717) is 23.1 Å². The van der Waals surface area contributed by atoms with Gasteiger partial charge in [-0.05, 0) is 37.0 Å². The van der Waals surface area contributed by atoms with Crippen molar-refractivity contribution >= 4 is 29.2 Å². The van der Waals surface area contributed by atoms with E-state index in [1.807, 2.05) is 6.07 Å². The number of benzene rings is 1. The van der Waals surface area contributed by atoms with Crippen molar-refractivity contribution in [3.8, 4) is 0 Å². The van der Waals surface area contributed by atoms with Gasteiger partial charge in [-0.25, -0.2) is 0 Å². The second-order valence-electron chi connectivity index (χ2n) is 4.35. The van der Waals surface area contributed by atoms with Crippen molar-refractivity contribution < 1.29 is 9.53 Å². The van der Waals surface area contributed by atoms with Crippen molar-refractivity contribution in [2.75, 3.05) is 6.61 Å². The quantitative estimate of drug-likeness (QED) is 0.848. The molecule has 1 aromatic carbocycles. The fourth-order valence-electron chi connectivity index (χ4n) is 2.38. The molecule has 18 heavy (non-hydrogen) atoms. The van der Waals surface area contributed by atoms with Crippen LogP contribution in [-0.2, 0) is 9.53 Å². The van der Waals surface area contributed by atoms with Gasteiger partial charge in [0.2, 0.25) is 0 Å². The van der Waals surface area contributed by atoms with Gasteiger partial charge < -0.3 is 10.5 Å². The van der Waals surface area contributed by atoms with Crippen molar-refractivity contribution in [3.63, 3.8) is 0 Å². The standard InChI is InChI=1S/C13H15Cl2NO2/c1-2-18-13(17)8-4-6-10(16)7-3-5-9(14)12(15)11(7)8/h3,5,8,10H,2,4,6,16H2,1H3/t8-,10-/m1/s1. The number of ether oxygens (including phenoxy) is 1. The molecule has 0 aromatic heterocycles. The molecule has 0 fully saturated rings. The van der Waals surface area contributed by atoms with E-state index in [1.165, 1.54) is 0 Å². The van der Waals surface area contributed by atoms with Gasteiger partial charge in [0.1, 0.15) is 0 Å². The van der Waals surface area contributed by atoms with E-state index in [9.17, 15) is 4.79 Å². The van der Waals surface area contributed by atoms with E-state index in [4.69, 9.17) is 33.7 Å². The second-order valence-corrected chi connectivity index (χ2v) is 5.14. The molecule has 2 rings (SSSR count). The Morgan fingerprint density at radius 2 is 2.17 bits per heavy atom. The minimum absolute atomic E-state index is 0.0968. The molecular formula is C13H15Cl2NO2. The van der Waals surface area contributed by atoms with Crippen molar-refractivity contribution in [1.82, 2.24) is 0 Å². The Bertz CT molecular complexity index is 476. The third kappa shape index (κ3) is 2.35. The highest BCUT2D eigenvalue weighted by Crippen LogP contribution is 2.43. The van der Waals surface area contributed by atoms with Crippen LogP contribution in [0, 0.1) is 0 Å². The first-order valence-corrected chi connectivity index (χ1v) is 6.71. The zero-order chi connectivity index (χ0) is 13.3. The van der Waals surface area contributed by atoms with Crippen LogP contribution in [0.1, 0.15) is 42.9 Å². The number of esters is 1. The molecule has 0 spiro atoms. The average Bonchev–Trinajstić information content (AvgIpc) is 2.34. The van der Waals surface area contributed by atoms with E-state index in [-0.39, 0.29) is 17.9 Å². The van der Waals surface area contributed by atoms with E-state index >= 15 is 0 Å². The lowest BCUT2D eigenvalue weighted by Crippen LogP contribution is -2.26. The van der Waals surface area contributed by atoms with E-state index < -0.39 is 0 Å². The Hall–Kier alpha value is -0.770. The van der Waals surface area contributed by atoms with Gasteiger partial charge in [-0.1, -0.05) is 29.3 Å². The molecule has 0 bridgehead atoms. The lowest BCUT2D eigenvalue weighted by atomic mass is 9.80. The summed E-state index contributed by atoms with van der Waals surface area (Å²) in [6.45, 7) is 2.14. The fourth-order valence-corrected chi connectivity index (χ4v) is 2.85. The van der Waals surface area contributed by atoms with Gasteiger partial charge in [0.05, 0.1) is 22.6 Å². The zero-order valence-corrected chi connectivity index (χ0v) is 11.6. The SMILES string of the molecule is CCOC(=O)[C@@H]1CC[C@@H](N)c2ccc(Cl)c(Cl)c21. The maximum atomic E-state index is 12.0. The van der Waals surface area contributed by atoms with Gasteiger partial charge in [-0.3, -0.25) is 4.79 Å². The molecule has 1 aliphatic carbocycles. The molecule has 0 amide bonds. The molecule has 0 radical (unpaired) electrons. The molecule has 2 atom stereocenters. The number of fused-ring (bicyclic) bond motifs is 1. The predicted octanol–water partition coefficient (Wildman–Crippen LogP) is 3.43. The highest BCUT2D eigenvalue weighted by molar-refractivity contribution is 6.42. The Balaban J connectivity index is 2.48. The molecule has 98 valence electrons. The highest BCUT2D eigenvalue weighted by atomic mass is 35.5. The molecular weight excluding hydrogens is 273 g/mol. The summed E-state index contributed by atoms with van der Waals surface area (Å²) in [4.78, 5) is 12.0. The number of nitrogens with two attached hydrogens (primary N) is 1. The number of carbonyl (C=O) groups excluding carboxylic acids is 1. The maximum Gasteiger partial charge on any atom is 0.313 e. The summed E-state index contributed by atoms with van der Waals surface area (Å²) in [5, 5.41) is 0.862. The van der Waals surface area contributed by atoms with Gasteiger partial charge in [-0.2, -0.15) is 0 Å². The first-order valence-electron chi connectivity index (χ1n) is 5.96. The number of halogens is 2. The molecule has 0 unspecified atom stereocenters.